The van der Waals surface area contributed by atoms with Gasteiger partial charge in [-0.2, -0.15) is 0 Å². The van der Waals surface area contributed by atoms with E-state index in [1.54, 1.807) is 31.4 Å². The molecule has 2 atom stereocenters. The van der Waals surface area contributed by atoms with Crippen LogP contribution in [0.15, 0.2) is 24.3 Å². The number of hydrogen-bond acceptors (Lipinski definition) is 4. The molecular formula is C17H24N2O4. The van der Waals surface area contributed by atoms with E-state index in [-0.39, 0.29) is 29.6 Å². The van der Waals surface area contributed by atoms with Gasteiger partial charge in [-0.15, -0.1) is 0 Å². The molecule has 1 fully saturated rings. The van der Waals surface area contributed by atoms with E-state index in [4.69, 9.17) is 15.2 Å². The van der Waals surface area contributed by atoms with E-state index in [0.29, 0.717) is 11.3 Å². The Morgan fingerprint density at radius 2 is 1.87 bits per heavy atom. The molecule has 0 aromatic heterocycles. The van der Waals surface area contributed by atoms with Crippen molar-refractivity contribution in [3.63, 3.8) is 0 Å². The van der Waals surface area contributed by atoms with Crippen LogP contribution in [-0.4, -0.2) is 37.2 Å². The Balaban J connectivity index is 1.96. The fourth-order valence-electron chi connectivity index (χ4n) is 2.82. The summed E-state index contributed by atoms with van der Waals surface area (Å²) in [4.78, 5) is 23.0. The third-order valence-corrected chi connectivity index (χ3v) is 5.08. The number of rotatable bonds is 6. The molecule has 1 saturated carbocycles. The number of nitrogens with two attached hydrogens (primary N) is 1. The zero-order chi connectivity index (χ0) is 17.3. The molecule has 0 spiro atoms. The molecule has 3 N–H and O–H groups in total. The fourth-order valence-corrected chi connectivity index (χ4v) is 2.82. The molecule has 1 aliphatic rings. The van der Waals surface area contributed by atoms with Gasteiger partial charge in [0.15, 0.2) is 6.61 Å². The van der Waals surface area contributed by atoms with Crippen molar-refractivity contribution in [1.29, 1.82) is 0 Å². The van der Waals surface area contributed by atoms with E-state index in [9.17, 15) is 9.59 Å². The monoisotopic (exact) mass is 320 g/mol. The molecule has 0 bridgehead atoms. The molecule has 1 aromatic rings. The Morgan fingerprint density at radius 3 is 2.35 bits per heavy atom. The van der Waals surface area contributed by atoms with Crippen LogP contribution in [0.5, 0.6) is 5.75 Å². The summed E-state index contributed by atoms with van der Waals surface area (Å²) in [6, 6.07) is 6.66. The zero-order valence-electron chi connectivity index (χ0n) is 14.0. The third-order valence-electron chi connectivity index (χ3n) is 5.08. The SMILES string of the molecule is COC1(C)CC(NC(=O)c2ccc(OCC(N)=O)cc2)C1(C)C. The predicted molar refractivity (Wildman–Crippen MR) is 86.2 cm³/mol. The lowest BCUT2D eigenvalue weighted by Crippen LogP contribution is -2.68. The first-order valence-electron chi connectivity index (χ1n) is 7.57. The van der Waals surface area contributed by atoms with E-state index in [1.807, 2.05) is 0 Å². The lowest BCUT2D eigenvalue weighted by molar-refractivity contribution is -0.177. The van der Waals surface area contributed by atoms with Gasteiger partial charge >= 0.3 is 0 Å². The summed E-state index contributed by atoms with van der Waals surface area (Å²) in [5, 5.41) is 3.05. The normalized spacial score (nSPS) is 25.3. The highest BCUT2D eigenvalue weighted by atomic mass is 16.5. The number of ether oxygens (including phenoxy) is 2. The van der Waals surface area contributed by atoms with E-state index in [1.165, 1.54) is 0 Å². The van der Waals surface area contributed by atoms with Gasteiger partial charge in [-0.1, -0.05) is 13.8 Å². The summed E-state index contributed by atoms with van der Waals surface area (Å²) in [6.07, 6.45) is 0.780. The summed E-state index contributed by atoms with van der Waals surface area (Å²) >= 11 is 0. The number of methoxy groups -OCH3 is 1. The second-order valence-corrected chi connectivity index (χ2v) is 6.67. The van der Waals surface area contributed by atoms with Gasteiger partial charge in [0.2, 0.25) is 0 Å². The van der Waals surface area contributed by atoms with Gasteiger partial charge in [-0.25, -0.2) is 0 Å². The van der Waals surface area contributed by atoms with E-state index < -0.39 is 5.91 Å². The molecule has 2 unspecified atom stereocenters. The topological polar surface area (TPSA) is 90.7 Å². The van der Waals surface area contributed by atoms with Crippen molar-refractivity contribution in [1.82, 2.24) is 5.32 Å². The van der Waals surface area contributed by atoms with E-state index in [0.717, 1.165) is 6.42 Å². The van der Waals surface area contributed by atoms with Crippen LogP contribution in [0, 0.1) is 5.41 Å². The van der Waals surface area contributed by atoms with Gasteiger partial charge in [0.25, 0.3) is 11.8 Å². The third kappa shape index (κ3) is 3.32. The highest BCUT2D eigenvalue weighted by Gasteiger charge is 2.58. The smallest absolute Gasteiger partial charge is 0.255 e. The number of hydrogen-bond donors (Lipinski definition) is 2. The Morgan fingerprint density at radius 1 is 1.26 bits per heavy atom. The zero-order valence-corrected chi connectivity index (χ0v) is 14.0. The second-order valence-electron chi connectivity index (χ2n) is 6.67. The van der Waals surface area contributed by atoms with Gasteiger partial charge < -0.3 is 20.5 Å². The van der Waals surface area contributed by atoms with Crippen LogP contribution in [0.3, 0.4) is 0 Å². The summed E-state index contributed by atoms with van der Waals surface area (Å²) in [5.74, 6) is -0.181. The molecule has 0 saturated heterocycles. The molecule has 1 aliphatic carbocycles. The van der Waals surface area contributed by atoms with Crippen molar-refractivity contribution in [2.24, 2.45) is 11.1 Å². The molecule has 6 heteroatoms. The molecule has 0 aliphatic heterocycles. The first-order chi connectivity index (χ1) is 10.7. The van der Waals surface area contributed by atoms with Crippen molar-refractivity contribution >= 4 is 11.8 Å². The lowest BCUT2D eigenvalue weighted by Gasteiger charge is -2.59. The number of nitrogens with one attached hydrogen (secondary N) is 1. The van der Waals surface area contributed by atoms with E-state index in [2.05, 4.69) is 26.1 Å². The van der Waals surface area contributed by atoms with Crippen molar-refractivity contribution in [2.45, 2.75) is 38.8 Å². The molecule has 23 heavy (non-hydrogen) atoms. The number of amides is 2. The van der Waals surface area contributed by atoms with Crippen LogP contribution >= 0.6 is 0 Å². The number of primary amides is 1. The quantitative estimate of drug-likeness (QED) is 0.831. The Bertz CT molecular complexity index is 597. The summed E-state index contributed by atoms with van der Waals surface area (Å²) < 4.78 is 10.7. The average molecular weight is 320 g/mol. The predicted octanol–water partition coefficient (Wildman–Crippen LogP) is 1.48. The maximum atomic E-state index is 12.3. The van der Waals surface area contributed by atoms with Crippen LogP contribution in [0.2, 0.25) is 0 Å². The molecule has 0 heterocycles. The van der Waals surface area contributed by atoms with Gasteiger partial charge in [-0.3, -0.25) is 9.59 Å². The van der Waals surface area contributed by atoms with Crippen molar-refractivity contribution in [3.05, 3.63) is 29.8 Å². The summed E-state index contributed by atoms with van der Waals surface area (Å²) in [6.45, 7) is 6.05. The van der Waals surface area contributed by atoms with E-state index >= 15 is 0 Å². The molecule has 2 rings (SSSR count). The Labute approximate surface area is 136 Å². The molecule has 126 valence electrons. The molecule has 1 aromatic carbocycles. The van der Waals surface area contributed by atoms with Crippen LogP contribution in [-0.2, 0) is 9.53 Å². The first kappa shape index (κ1) is 17.3. The molecule has 2 amide bonds. The van der Waals surface area contributed by atoms with Crippen LogP contribution < -0.4 is 15.8 Å². The van der Waals surface area contributed by atoms with Crippen LogP contribution in [0.1, 0.15) is 37.6 Å². The lowest BCUT2D eigenvalue weighted by atomic mass is 9.56. The van der Waals surface area contributed by atoms with Gasteiger partial charge in [0, 0.05) is 24.1 Å². The largest absolute Gasteiger partial charge is 0.484 e. The van der Waals surface area contributed by atoms with Crippen LogP contribution in [0.25, 0.3) is 0 Å². The number of benzene rings is 1. The minimum absolute atomic E-state index is 0.0609. The van der Waals surface area contributed by atoms with Crippen molar-refractivity contribution < 1.29 is 19.1 Å². The maximum Gasteiger partial charge on any atom is 0.255 e. The summed E-state index contributed by atoms with van der Waals surface area (Å²) in [7, 11) is 1.70. The number of carbonyl (C=O) groups is 2. The van der Waals surface area contributed by atoms with Crippen molar-refractivity contribution in [2.75, 3.05) is 13.7 Å². The first-order valence-corrected chi connectivity index (χ1v) is 7.57. The van der Waals surface area contributed by atoms with Gasteiger partial charge in [-0.05, 0) is 37.6 Å². The maximum absolute atomic E-state index is 12.3. The highest BCUT2D eigenvalue weighted by Crippen LogP contribution is 2.51. The fraction of sp³-hybridized carbons (Fsp3) is 0.529. The molecule has 6 nitrogen and oxygen atoms in total. The minimum Gasteiger partial charge on any atom is -0.484 e. The minimum atomic E-state index is -0.541. The highest BCUT2D eigenvalue weighted by molar-refractivity contribution is 5.94. The Hall–Kier alpha value is -2.08. The second kappa shape index (κ2) is 6.20. The standard InChI is InChI=1S/C17H24N2O4/c1-16(2)13(9-17(16,3)22-4)19-15(21)11-5-7-12(8-6-11)23-10-14(18)20/h5-8,13H,9-10H2,1-4H3,(H2,18,20)(H,19,21). The van der Waals surface area contributed by atoms with Crippen LogP contribution in [0.4, 0.5) is 0 Å². The van der Waals surface area contributed by atoms with Crippen molar-refractivity contribution in [3.8, 4) is 5.75 Å². The average Bonchev–Trinajstić information content (AvgIpc) is 2.52. The van der Waals surface area contributed by atoms with Gasteiger partial charge in [0.05, 0.1) is 5.60 Å². The van der Waals surface area contributed by atoms with Gasteiger partial charge in [0.1, 0.15) is 5.75 Å². The Kier molecular flexibility index (Phi) is 4.66. The molecule has 0 radical (unpaired) electrons. The summed E-state index contributed by atoms with van der Waals surface area (Å²) in [5.41, 5.74) is 5.19. The number of carbonyl (C=O) groups excluding carboxylic acids is 2. The molecular weight excluding hydrogens is 296 g/mol.